The Bertz CT molecular complexity index is 334. The van der Waals surface area contributed by atoms with Crippen LogP contribution < -0.4 is 10.6 Å². The van der Waals surface area contributed by atoms with E-state index < -0.39 is 5.60 Å². The van der Waals surface area contributed by atoms with E-state index in [4.69, 9.17) is 4.74 Å². The molecule has 1 aliphatic rings. The third-order valence-corrected chi connectivity index (χ3v) is 4.11. The Morgan fingerprint density at radius 2 is 1.90 bits per heavy atom. The van der Waals surface area contributed by atoms with Crippen molar-refractivity contribution in [3.8, 4) is 0 Å². The van der Waals surface area contributed by atoms with Gasteiger partial charge in [-0.05, 0) is 65.3 Å². The van der Waals surface area contributed by atoms with Crippen LogP contribution in [0.25, 0.3) is 0 Å². The van der Waals surface area contributed by atoms with Crippen LogP contribution in [0.1, 0.15) is 67.2 Å². The van der Waals surface area contributed by atoms with Gasteiger partial charge in [-0.25, -0.2) is 4.79 Å². The van der Waals surface area contributed by atoms with Crippen LogP contribution in [0.5, 0.6) is 0 Å². The molecule has 0 aromatic heterocycles. The highest BCUT2D eigenvalue weighted by atomic mass is 16.6. The number of amides is 1. The molecular weight excluding hydrogens is 264 g/mol. The first-order chi connectivity index (χ1) is 9.66. The lowest BCUT2D eigenvalue weighted by molar-refractivity contribution is 0.0507. The summed E-state index contributed by atoms with van der Waals surface area (Å²) < 4.78 is 5.32. The largest absolute Gasteiger partial charge is 0.444 e. The number of carbonyl (C=O) groups excluding carboxylic acids is 1. The van der Waals surface area contributed by atoms with E-state index in [-0.39, 0.29) is 11.6 Å². The quantitative estimate of drug-likeness (QED) is 0.718. The molecule has 0 spiro atoms. The van der Waals surface area contributed by atoms with Crippen LogP contribution in [0.4, 0.5) is 4.79 Å². The van der Waals surface area contributed by atoms with Crippen LogP contribution in [0, 0.1) is 11.8 Å². The third kappa shape index (κ3) is 7.16. The maximum atomic E-state index is 11.8. The van der Waals surface area contributed by atoms with E-state index in [9.17, 15) is 4.79 Å². The van der Waals surface area contributed by atoms with Gasteiger partial charge in [-0.1, -0.05) is 20.3 Å². The SMILES string of the molecule is CCCC(C)CNC(C)(CNC(=O)OC(C)(C)C)C1CC1. The molecule has 2 unspecified atom stereocenters. The smallest absolute Gasteiger partial charge is 0.407 e. The number of hydrogen-bond donors (Lipinski definition) is 2. The summed E-state index contributed by atoms with van der Waals surface area (Å²) in [4.78, 5) is 11.8. The van der Waals surface area contributed by atoms with E-state index in [1.807, 2.05) is 20.8 Å². The molecular formula is C17H34N2O2. The fourth-order valence-electron chi connectivity index (χ4n) is 2.64. The van der Waals surface area contributed by atoms with Crippen LogP contribution in [-0.2, 0) is 4.74 Å². The van der Waals surface area contributed by atoms with E-state index >= 15 is 0 Å². The number of nitrogens with one attached hydrogen (secondary N) is 2. The van der Waals surface area contributed by atoms with Gasteiger partial charge in [-0.2, -0.15) is 0 Å². The molecule has 0 aromatic rings. The second-order valence-corrected chi connectivity index (χ2v) is 7.82. The zero-order valence-corrected chi connectivity index (χ0v) is 14.7. The number of hydrogen-bond acceptors (Lipinski definition) is 3. The number of alkyl carbamates (subject to hydrolysis) is 1. The minimum absolute atomic E-state index is 0.0150. The number of ether oxygens (including phenoxy) is 1. The molecule has 0 heterocycles. The van der Waals surface area contributed by atoms with Gasteiger partial charge in [-0.15, -0.1) is 0 Å². The monoisotopic (exact) mass is 298 g/mol. The van der Waals surface area contributed by atoms with Gasteiger partial charge in [0.1, 0.15) is 5.60 Å². The highest BCUT2D eigenvalue weighted by Crippen LogP contribution is 2.39. The van der Waals surface area contributed by atoms with E-state index in [2.05, 4.69) is 31.4 Å². The second-order valence-electron chi connectivity index (χ2n) is 7.82. The van der Waals surface area contributed by atoms with E-state index in [1.54, 1.807) is 0 Å². The molecule has 21 heavy (non-hydrogen) atoms. The molecule has 1 rings (SSSR count). The number of rotatable bonds is 8. The summed E-state index contributed by atoms with van der Waals surface area (Å²) in [5.41, 5.74) is -0.456. The lowest BCUT2D eigenvalue weighted by atomic mass is 9.94. The first kappa shape index (κ1) is 18.3. The molecule has 2 N–H and O–H groups in total. The van der Waals surface area contributed by atoms with Gasteiger partial charge in [0.25, 0.3) is 0 Å². The minimum atomic E-state index is -0.441. The second kappa shape index (κ2) is 7.48. The molecule has 2 atom stereocenters. The van der Waals surface area contributed by atoms with E-state index in [0.29, 0.717) is 18.4 Å². The highest BCUT2D eigenvalue weighted by molar-refractivity contribution is 5.67. The molecule has 1 saturated carbocycles. The maximum Gasteiger partial charge on any atom is 0.407 e. The average molecular weight is 298 g/mol. The molecule has 0 aromatic carbocycles. The van der Waals surface area contributed by atoms with E-state index in [1.165, 1.54) is 25.7 Å². The molecule has 0 radical (unpaired) electrons. The summed E-state index contributed by atoms with van der Waals surface area (Å²) in [5, 5.41) is 6.62. The molecule has 0 saturated heterocycles. The molecule has 4 nitrogen and oxygen atoms in total. The number of carbonyl (C=O) groups is 1. The minimum Gasteiger partial charge on any atom is -0.444 e. The third-order valence-electron chi connectivity index (χ3n) is 4.11. The predicted octanol–water partition coefficient (Wildman–Crippen LogP) is 3.71. The first-order valence-electron chi connectivity index (χ1n) is 8.38. The van der Waals surface area contributed by atoms with Crippen molar-refractivity contribution >= 4 is 6.09 Å². The molecule has 4 heteroatoms. The molecule has 1 amide bonds. The van der Waals surface area contributed by atoms with Gasteiger partial charge in [-0.3, -0.25) is 0 Å². The van der Waals surface area contributed by atoms with Crippen molar-refractivity contribution in [1.29, 1.82) is 0 Å². The van der Waals surface area contributed by atoms with Crippen LogP contribution in [-0.4, -0.2) is 30.3 Å². The Kier molecular flexibility index (Phi) is 6.51. The van der Waals surface area contributed by atoms with Crippen molar-refractivity contribution in [2.24, 2.45) is 11.8 Å². The van der Waals surface area contributed by atoms with Crippen LogP contribution in [0.15, 0.2) is 0 Å². The average Bonchev–Trinajstić information content (AvgIpc) is 3.17. The summed E-state index contributed by atoms with van der Waals surface area (Å²) in [7, 11) is 0. The van der Waals surface area contributed by atoms with Gasteiger partial charge < -0.3 is 15.4 Å². The van der Waals surface area contributed by atoms with Gasteiger partial charge in [0.15, 0.2) is 0 Å². The fraction of sp³-hybridized carbons (Fsp3) is 0.941. The van der Waals surface area contributed by atoms with Crippen molar-refractivity contribution in [3.05, 3.63) is 0 Å². The van der Waals surface area contributed by atoms with Crippen molar-refractivity contribution < 1.29 is 9.53 Å². The predicted molar refractivity (Wildman–Crippen MR) is 87.4 cm³/mol. The summed E-state index contributed by atoms with van der Waals surface area (Å²) in [6.45, 7) is 14.0. The molecule has 0 bridgehead atoms. The van der Waals surface area contributed by atoms with Crippen molar-refractivity contribution in [2.75, 3.05) is 13.1 Å². The maximum absolute atomic E-state index is 11.8. The lowest BCUT2D eigenvalue weighted by Crippen LogP contribution is -2.54. The molecule has 1 fully saturated rings. The Labute approximate surface area is 130 Å². The Morgan fingerprint density at radius 3 is 2.38 bits per heavy atom. The lowest BCUT2D eigenvalue weighted by Gasteiger charge is -2.33. The van der Waals surface area contributed by atoms with Crippen molar-refractivity contribution in [1.82, 2.24) is 10.6 Å². The zero-order chi connectivity index (χ0) is 16.1. The summed E-state index contributed by atoms with van der Waals surface area (Å²) in [5.74, 6) is 1.34. The first-order valence-corrected chi connectivity index (χ1v) is 8.38. The zero-order valence-electron chi connectivity index (χ0n) is 14.7. The van der Waals surface area contributed by atoms with Crippen LogP contribution >= 0.6 is 0 Å². The molecule has 1 aliphatic carbocycles. The Morgan fingerprint density at radius 1 is 1.29 bits per heavy atom. The van der Waals surface area contributed by atoms with Crippen molar-refractivity contribution in [3.63, 3.8) is 0 Å². The summed E-state index contributed by atoms with van der Waals surface area (Å²) in [6.07, 6.45) is 4.65. The van der Waals surface area contributed by atoms with Gasteiger partial charge in [0.05, 0.1) is 0 Å². The standard InChI is InChI=1S/C17H34N2O2/c1-7-8-13(2)11-19-17(6,14-9-10-14)12-18-15(20)21-16(3,4)5/h13-14,19H,7-12H2,1-6H3,(H,18,20). The van der Waals surface area contributed by atoms with E-state index in [0.717, 1.165) is 6.54 Å². The van der Waals surface area contributed by atoms with Gasteiger partial charge >= 0.3 is 6.09 Å². The summed E-state index contributed by atoms with van der Waals surface area (Å²) in [6, 6.07) is 0. The van der Waals surface area contributed by atoms with Crippen LogP contribution in [0.2, 0.25) is 0 Å². The highest BCUT2D eigenvalue weighted by Gasteiger charge is 2.41. The Hall–Kier alpha value is -0.770. The normalized spacial score (nSPS) is 19.7. The van der Waals surface area contributed by atoms with Gasteiger partial charge in [0.2, 0.25) is 0 Å². The Balaban J connectivity index is 2.43. The van der Waals surface area contributed by atoms with Crippen molar-refractivity contribution in [2.45, 2.75) is 78.4 Å². The van der Waals surface area contributed by atoms with Crippen LogP contribution in [0.3, 0.4) is 0 Å². The topological polar surface area (TPSA) is 50.4 Å². The fourth-order valence-corrected chi connectivity index (χ4v) is 2.64. The molecule has 0 aliphatic heterocycles. The summed E-state index contributed by atoms with van der Waals surface area (Å²) >= 11 is 0. The molecule has 124 valence electrons. The van der Waals surface area contributed by atoms with Gasteiger partial charge in [0, 0.05) is 12.1 Å².